The van der Waals surface area contributed by atoms with E-state index >= 15 is 0 Å². The van der Waals surface area contributed by atoms with Crippen LogP contribution in [0.2, 0.25) is 0 Å². The highest BCUT2D eigenvalue weighted by Gasteiger charge is 2.26. The van der Waals surface area contributed by atoms with E-state index in [4.69, 9.17) is 0 Å². The number of carbonyl (C=O) groups is 1. The molecule has 0 aliphatic rings. The Morgan fingerprint density at radius 1 is 1.16 bits per heavy atom. The minimum absolute atomic E-state index is 0.328. The van der Waals surface area contributed by atoms with Crippen molar-refractivity contribution in [3.05, 3.63) is 54.9 Å². The summed E-state index contributed by atoms with van der Waals surface area (Å²) in [5.74, 6) is -0.0642. The van der Waals surface area contributed by atoms with Crippen molar-refractivity contribution in [2.24, 2.45) is 7.05 Å². The zero-order chi connectivity index (χ0) is 17.8. The largest absolute Gasteiger partial charge is 0.312 e. The van der Waals surface area contributed by atoms with E-state index in [1.165, 1.54) is 4.90 Å². The van der Waals surface area contributed by atoms with Crippen LogP contribution in [-0.4, -0.2) is 38.2 Å². The van der Waals surface area contributed by atoms with Crippen molar-refractivity contribution in [2.75, 3.05) is 11.9 Å². The van der Waals surface area contributed by atoms with Crippen LogP contribution in [0.5, 0.6) is 0 Å². The number of carbonyl (C=O) groups excluding carboxylic acids is 1. The third-order valence-electron chi connectivity index (χ3n) is 3.65. The minimum atomic E-state index is -1.78. The number of benzene rings is 1. The van der Waals surface area contributed by atoms with Gasteiger partial charge in [-0.2, -0.15) is 0 Å². The molecule has 0 saturated heterocycles. The zero-order valence-corrected chi connectivity index (χ0v) is 14.5. The van der Waals surface area contributed by atoms with Crippen LogP contribution in [0.1, 0.15) is 0 Å². The van der Waals surface area contributed by atoms with Gasteiger partial charge in [0.1, 0.15) is 0 Å². The normalized spacial score (nSPS) is 12.0. The van der Waals surface area contributed by atoms with Gasteiger partial charge in [-0.1, -0.05) is 18.2 Å². The van der Waals surface area contributed by atoms with Crippen molar-refractivity contribution in [2.45, 2.75) is 10.7 Å². The van der Waals surface area contributed by atoms with Crippen molar-refractivity contribution < 1.29 is 9.18 Å². The van der Waals surface area contributed by atoms with Gasteiger partial charge in [0, 0.05) is 37.7 Å². The fraction of sp³-hybridized carbons (Fsp3) is 0.176. The summed E-state index contributed by atoms with van der Waals surface area (Å²) in [5, 5.41) is 8.39. The maximum atomic E-state index is 14.5. The molecule has 1 atom stereocenters. The second-order valence-electron chi connectivity index (χ2n) is 5.27. The molecule has 2 aromatic heterocycles. The smallest absolute Gasteiger partial charge is 0.272 e. The van der Waals surface area contributed by atoms with Crippen LogP contribution in [0.15, 0.2) is 60.0 Å². The Morgan fingerprint density at radius 2 is 1.84 bits per heavy atom. The maximum absolute atomic E-state index is 14.5. The highest BCUT2D eigenvalue weighted by molar-refractivity contribution is 8.00. The maximum Gasteiger partial charge on any atom is 0.272 e. The molecule has 128 valence electrons. The number of hydrogen-bond donors (Lipinski definition) is 0. The van der Waals surface area contributed by atoms with Gasteiger partial charge in [-0.15, -0.1) is 10.2 Å². The topological polar surface area (TPSA) is 63.9 Å². The number of hydrogen-bond acceptors (Lipinski definition) is 5. The van der Waals surface area contributed by atoms with Crippen molar-refractivity contribution >= 4 is 23.4 Å². The highest BCUT2D eigenvalue weighted by atomic mass is 32.2. The summed E-state index contributed by atoms with van der Waals surface area (Å²) in [7, 11) is 3.28. The molecule has 3 aromatic rings. The molecular formula is C17H16FN5OS. The lowest BCUT2D eigenvalue weighted by molar-refractivity contribution is -0.120. The van der Waals surface area contributed by atoms with Crippen LogP contribution in [0.4, 0.5) is 10.1 Å². The molecule has 0 spiro atoms. The van der Waals surface area contributed by atoms with E-state index in [0.29, 0.717) is 16.7 Å². The molecule has 8 heteroatoms. The molecule has 0 aliphatic heterocycles. The molecule has 2 heterocycles. The SMILES string of the molecule is CN(C(=O)C(F)Sc1nnc(-c2ccncc2)n1C)c1ccccc1. The molecule has 6 nitrogen and oxygen atoms in total. The average molecular weight is 357 g/mol. The van der Waals surface area contributed by atoms with Gasteiger partial charge in [0.25, 0.3) is 5.91 Å². The number of aromatic nitrogens is 4. The molecule has 0 saturated carbocycles. The summed E-state index contributed by atoms with van der Waals surface area (Å²) >= 11 is 0.733. The number of alkyl halides is 1. The fourth-order valence-corrected chi connectivity index (χ4v) is 3.02. The lowest BCUT2D eigenvalue weighted by Gasteiger charge is -2.19. The van der Waals surface area contributed by atoms with E-state index in [2.05, 4.69) is 15.2 Å². The number of para-hydroxylation sites is 1. The number of halogens is 1. The Kier molecular flexibility index (Phi) is 5.08. The van der Waals surface area contributed by atoms with E-state index in [1.807, 2.05) is 6.07 Å². The first-order valence-corrected chi connectivity index (χ1v) is 8.39. The first kappa shape index (κ1) is 17.1. The molecule has 1 unspecified atom stereocenters. The third-order valence-corrected chi connectivity index (χ3v) is 4.63. The van der Waals surface area contributed by atoms with Crippen LogP contribution in [-0.2, 0) is 11.8 Å². The Morgan fingerprint density at radius 3 is 2.52 bits per heavy atom. The third kappa shape index (κ3) is 3.69. The number of anilines is 1. The van der Waals surface area contributed by atoms with Gasteiger partial charge < -0.3 is 9.47 Å². The highest BCUT2D eigenvalue weighted by Crippen LogP contribution is 2.28. The van der Waals surface area contributed by atoms with Crippen LogP contribution < -0.4 is 4.90 Å². The predicted molar refractivity (Wildman–Crippen MR) is 94.8 cm³/mol. The molecule has 1 aromatic carbocycles. The van der Waals surface area contributed by atoms with Gasteiger partial charge in [-0.3, -0.25) is 9.78 Å². The van der Waals surface area contributed by atoms with Crippen LogP contribution in [0.3, 0.4) is 0 Å². The van der Waals surface area contributed by atoms with Gasteiger partial charge in [-0.05, 0) is 36.0 Å². The lowest BCUT2D eigenvalue weighted by Crippen LogP contribution is -2.32. The summed E-state index contributed by atoms with van der Waals surface area (Å²) in [5.41, 5.74) is -0.329. The minimum Gasteiger partial charge on any atom is -0.312 e. The molecule has 0 N–H and O–H groups in total. The quantitative estimate of drug-likeness (QED) is 0.657. The average Bonchev–Trinajstić information content (AvgIpc) is 3.02. The van der Waals surface area contributed by atoms with Crippen molar-refractivity contribution in [3.8, 4) is 11.4 Å². The first-order valence-electron chi connectivity index (χ1n) is 7.51. The molecule has 0 fully saturated rings. The predicted octanol–water partition coefficient (Wildman–Crippen LogP) is 2.93. The number of rotatable bonds is 5. The van der Waals surface area contributed by atoms with Crippen molar-refractivity contribution in [1.82, 2.24) is 19.7 Å². The van der Waals surface area contributed by atoms with Gasteiger partial charge in [0.15, 0.2) is 11.0 Å². The van der Waals surface area contributed by atoms with Crippen molar-refractivity contribution in [1.29, 1.82) is 0 Å². The Balaban J connectivity index is 1.74. The van der Waals surface area contributed by atoms with Crippen molar-refractivity contribution in [3.63, 3.8) is 0 Å². The lowest BCUT2D eigenvalue weighted by atomic mass is 10.2. The summed E-state index contributed by atoms with van der Waals surface area (Å²) < 4.78 is 16.1. The van der Waals surface area contributed by atoms with E-state index in [-0.39, 0.29) is 0 Å². The molecular weight excluding hydrogens is 341 g/mol. The second kappa shape index (κ2) is 7.43. The van der Waals surface area contributed by atoms with Gasteiger partial charge >= 0.3 is 0 Å². The summed E-state index contributed by atoms with van der Waals surface area (Å²) in [6.07, 6.45) is 3.29. The van der Waals surface area contributed by atoms with E-state index < -0.39 is 11.4 Å². The van der Waals surface area contributed by atoms with Crippen LogP contribution >= 0.6 is 11.8 Å². The van der Waals surface area contributed by atoms with Crippen LogP contribution in [0.25, 0.3) is 11.4 Å². The van der Waals surface area contributed by atoms with Gasteiger partial charge in [0.2, 0.25) is 5.50 Å². The molecule has 1 amide bonds. The number of pyridine rings is 1. The van der Waals surface area contributed by atoms with E-state index in [1.54, 1.807) is 67.5 Å². The second-order valence-corrected chi connectivity index (χ2v) is 6.28. The molecule has 0 aliphatic carbocycles. The summed E-state index contributed by atoms with van der Waals surface area (Å²) in [4.78, 5) is 17.5. The molecule has 0 bridgehead atoms. The Bertz CT molecular complexity index is 856. The molecule has 25 heavy (non-hydrogen) atoms. The van der Waals surface area contributed by atoms with Gasteiger partial charge in [0.05, 0.1) is 0 Å². The zero-order valence-electron chi connectivity index (χ0n) is 13.7. The fourth-order valence-electron chi connectivity index (χ4n) is 2.24. The standard InChI is InChI=1S/C17H16FN5OS/c1-22(13-6-4-3-5-7-13)16(24)14(18)25-17-21-20-15(23(17)2)12-8-10-19-11-9-12/h3-11,14H,1-2H3. The molecule has 3 rings (SSSR count). The van der Waals surface area contributed by atoms with Crippen LogP contribution in [0, 0.1) is 0 Å². The summed E-state index contributed by atoms with van der Waals surface area (Å²) in [6, 6.07) is 12.5. The first-order chi connectivity index (χ1) is 12.1. The Labute approximate surface area is 148 Å². The number of nitrogens with zero attached hydrogens (tertiary/aromatic N) is 5. The number of thioether (sulfide) groups is 1. The van der Waals surface area contributed by atoms with Gasteiger partial charge in [-0.25, -0.2) is 4.39 Å². The van der Waals surface area contributed by atoms with E-state index in [0.717, 1.165) is 17.3 Å². The Hall–Kier alpha value is -2.74. The molecule has 0 radical (unpaired) electrons. The number of amides is 1. The monoisotopic (exact) mass is 357 g/mol. The summed E-state index contributed by atoms with van der Waals surface area (Å²) in [6.45, 7) is 0. The van der Waals surface area contributed by atoms with E-state index in [9.17, 15) is 9.18 Å².